The maximum Gasteiger partial charge on any atom is 0.192 e. The third-order valence-corrected chi connectivity index (χ3v) is 2.43. The van der Waals surface area contributed by atoms with Crippen LogP contribution in [0, 0.1) is 12.3 Å². The highest BCUT2D eigenvalue weighted by Gasteiger charge is 2.13. The minimum Gasteiger partial charge on any atom is -0.376 e. The molecule has 1 saturated heterocycles. The molecule has 4 nitrogen and oxygen atoms in total. The molecule has 1 heterocycles. The third kappa shape index (κ3) is 7.45. The van der Waals surface area contributed by atoms with Gasteiger partial charge in [-0.15, -0.1) is 30.4 Å². The fourth-order valence-corrected chi connectivity index (χ4v) is 1.62. The Balaban J connectivity index is 0.00000256. The van der Waals surface area contributed by atoms with Gasteiger partial charge in [0, 0.05) is 13.2 Å². The summed E-state index contributed by atoms with van der Waals surface area (Å²) in [6.07, 6.45) is 9.00. The first kappa shape index (κ1) is 16.5. The number of hydrogen-bond acceptors (Lipinski definition) is 2. The van der Waals surface area contributed by atoms with E-state index >= 15 is 0 Å². The van der Waals surface area contributed by atoms with E-state index in [0.29, 0.717) is 13.1 Å². The first-order valence-corrected chi connectivity index (χ1v) is 5.94. The van der Waals surface area contributed by atoms with Crippen molar-refractivity contribution in [2.24, 2.45) is 4.99 Å². The highest BCUT2D eigenvalue weighted by Crippen LogP contribution is 2.12. The van der Waals surface area contributed by atoms with Crippen LogP contribution in [0.2, 0.25) is 0 Å². The number of nitrogens with zero attached hydrogens (tertiary/aromatic N) is 1. The van der Waals surface area contributed by atoms with Crippen molar-refractivity contribution in [3.05, 3.63) is 0 Å². The topological polar surface area (TPSA) is 45.7 Å². The normalized spacial score (nSPS) is 20.0. The predicted molar refractivity (Wildman–Crippen MR) is 81.8 cm³/mol. The standard InChI is InChI=1S/C12H21N3O.HI/c1-3-8-14-12(13-4-2)15-10-11-7-5-6-9-16-11;/h1,11H,4-10H2,2H3,(H2,13,14,15);1H. The van der Waals surface area contributed by atoms with Crippen molar-refractivity contribution in [1.29, 1.82) is 0 Å². The van der Waals surface area contributed by atoms with Gasteiger partial charge >= 0.3 is 0 Å². The minimum atomic E-state index is 0. The second-order valence-electron chi connectivity index (χ2n) is 3.77. The summed E-state index contributed by atoms with van der Waals surface area (Å²) < 4.78 is 5.61. The van der Waals surface area contributed by atoms with Gasteiger partial charge in [0.15, 0.2) is 5.96 Å². The molecule has 98 valence electrons. The first-order valence-electron chi connectivity index (χ1n) is 5.94. The van der Waals surface area contributed by atoms with Crippen LogP contribution in [0.4, 0.5) is 0 Å². The van der Waals surface area contributed by atoms with Crippen LogP contribution in [0.3, 0.4) is 0 Å². The Morgan fingerprint density at radius 1 is 1.47 bits per heavy atom. The molecule has 1 fully saturated rings. The molecular formula is C12H22IN3O. The molecular weight excluding hydrogens is 329 g/mol. The summed E-state index contributed by atoms with van der Waals surface area (Å²) in [5.41, 5.74) is 0. The van der Waals surface area contributed by atoms with E-state index in [-0.39, 0.29) is 30.1 Å². The van der Waals surface area contributed by atoms with Crippen LogP contribution in [-0.4, -0.2) is 38.3 Å². The van der Waals surface area contributed by atoms with E-state index in [1.807, 2.05) is 6.92 Å². The predicted octanol–water partition coefficient (Wildman–Crippen LogP) is 1.36. The fraction of sp³-hybridized carbons (Fsp3) is 0.750. The van der Waals surface area contributed by atoms with Gasteiger partial charge in [0.2, 0.25) is 0 Å². The molecule has 2 N–H and O–H groups in total. The molecule has 0 radical (unpaired) electrons. The zero-order valence-corrected chi connectivity index (χ0v) is 12.7. The summed E-state index contributed by atoms with van der Waals surface area (Å²) in [7, 11) is 0. The van der Waals surface area contributed by atoms with Crippen LogP contribution in [0.5, 0.6) is 0 Å². The maximum absolute atomic E-state index is 5.61. The molecule has 0 bridgehead atoms. The van der Waals surface area contributed by atoms with E-state index in [4.69, 9.17) is 11.2 Å². The van der Waals surface area contributed by atoms with Gasteiger partial charge in [-0.05, 0) is 26.2 Å². The Labute approximate surface area is 121 Å². The number of aliphatic imine (C=N–C) groups is 1. The maximum atomic E-state index is 5.61. The number of ether oxygens (including phenoxy) is 1. The molecule has 0 saturated carbocycles. The van der Waals surface area contributed by atoms with E-state index in [0.717, 1.165) is 25.5 Å². The van der Waals surface area contributed by atoms with Crippen molar-refractivity contribution < 1.29 is 4.74 Å². The average Bonchev–Trinajstić information content (AvgIpc) is 2.34. The Bertz CT molecular complexity index is 257. The van der Waals surface area contributed by atoms with Crippen LogP contribution in [0.15, 0.2) is 4.99 Å². The molecule has 1 unspecified atom stereocenters. The lowest BCUT2D eigenvalue weighted by molar-refractivity contribution is 0.0224. The van der Waals surface area contributed by atoms with E-state index in [9.17, 15) is 0 Å². The summed E-state index contributed by atoms with van der Waals surface area (Å²) >= 11 is 0. The van der Waals surface area contributed by atoms with Gasteiger partial charge in [-0.1, -0.05) is 5.92 Å². The van der Waals surface area contributed by atoms with E-state index in [1.54, 1.807) is 0 Å². The van der Waals surface area contributed by atoms with Gasteiger partial charge in [-0.25, -0.2) is 0 Å². The van der Waals surface area contributed by atoms with Crippen LogP contribution in [-0.2, 0) is 4.74 Å². The molecule has 1 atom stereocenters. The molecule has 0 amide bonds. The monoisotopic (exact) mass is 351 g/mol. The largest absolute Gasteiger partial charge is 0.376 e. The van der Waals surface area contributed by atoms with Crippen LogP contribution in [0.1, 0.15) is 26.2 Å². The molecule has 5 heteroatoms. The Morgan fingerprint density at radius 2 is 2.29 bits per heavy atom. The number of halogens is 1. The second-order valence-corrected chi connectivity index (χ2v) is 3.77. The third-order valence-electron chi connectivity index (χ3n) is 2.43. The Kier molecular flexibility index (Phi) is 10.4. The highest BCUT2D eigenvalue weighted by atomic mass is 127. The second kappa shape index (κ2) is 10.7. The van der Waals surface area contributed by atoms with Crippen molar-refractivity contribution in [2.75, 3.05) is 26.2 Å². The molecule has 0 spiro atoms. The molecule has 1 rings (SSSR count). The van der Waals surface area contributed by atoms with Crippen molar-refractivity contribution in [1.82, 2.24) is 10.6 Å². The zero-order valence-electron chi connectivity index (χ0n) is 10.4. The van der Waals surface area contributed by atoms with Crippen molar-refractivity contribution in [3.63, 3.8) is 0 Å². The number of hydrogen-bond donors (Lipinski definition) is 2. The van der Waals surface area contributed by atoms with Gasteiger partial charge in [-0.3, -0.25) is 4.99 Å². The van der Waals surface area contributed by atoms with Crippen molar-refractivity contribution >= 4 is 29.9 Å². The van der Waals surface area contributed by atoms with E-state index in [2.05, 4.69) is 21.5 Å². The molecule has 0 aliphatic carbocycles. The summed E-state index contributed by atoms with van der Waals surface area (Å²) in [5, 5.41) is 6.20. The first-order chi connectivity index (χ1) is 7.86. The highest BCUT2D eigenvalue weighted by molar-refractivity contribution is 14.0. The molecule has 0 aromatic heterocycles. The van der Waals surface area contributed by atoms with E-state index < -0.39 is 0 Å². The van der Waals surface area contributed by atoms with E-state index in [1.165, 1.54) is 12.8 Å². The summed E-state index contributed by atoms with van der Waals surface area (Å²) in [6.45, 7) is 4.94. The average molecular weight is 351 g/mol. The lowest BCUT2D eigenvalue weighted by Gasteiger charge is -2.21. The number of nitrogens with one attached hydrogen (secondary N) is 2. The smallest absolute Gasteiger partial charge is 0.192 e. The van der Waals surface area contributed by atoms with Gasteiger partial charge < -0.3 is 15.4 Å². The Hall–Kier alpha value is -0.480. The van der Waals surface area contributed by atoms with Crippen molar-refractivity contribution in [2.45, 2.75) is 32.3 Å². The van der Waals surface area contributed by atoms with Gasteiger partial charge in [0.1, 0.15) is 0 Å². The Morgan fingerprint density at radius 3 is 2.88 bits per heavy atom. The fourth-order valence-electron chi connectivity index (χ4n) is 1.62. The number of terminal acetylenes is 1. The molecule has 0 aromatic carbocycles. The molecule has 1 aliphatic rings. The summed E-state index contributed by atoms with van der Waals surface area (Å²) in [5.74, 6) is 3.30. The van der Waals surface area contributed by atoms with Crippen LogP contribution in [0.25, 0.3) is 0 Å². The number of rotatable bonds is 4. The molecule has 1 aliphatic heterocycles. The quantitative estimate of drug-likeness (QED) is 0.348. The van der Waals surface area contributed by atoms with Gasteiger partial charge in [-0.2, -0.15) is 0 Å². The van der Waals surface area contributed by atoms with Gasteiger partial charge in [0.05, 0.1) is 19.2 Å². The van der Waals surface area contributed by atoms with Crippen molar-refractivity contribution in [3.8, 4) is 12.3 Å². The molecule has 17 heavy (non-hydrogen) atoms. The van der Waals surface area contributed by atoms with Gasteiger partial charge in [0.25, 0.3) is 0 Å². The number of guanidine groups is 1. The van der Waals surface area contributed by atoms with Crippen LogP contribution >= 0.6 is 24.0 Å². The lowest BCUT2D eigenvalue weighted by Crippen LogP contribution is -2.38. The minimum absolute atomic E-state index is 0. The SMILES string of the molecule is C#CCNC(=NCC1CCCCO1)NCC.I. The zero-order chi connectivity index (χ0) is 11.6. The summed E-state index contributed by atoms with van der Waals surface area (Å²) in [6, 6.07) is 0. The van der Waals surface area contributed by atoms with Crippen LogP contribution < -0.4 is 10.6 Å². The lowest BCUT2D eigenvalue weighted by atomic mass is 10.1. The summed E-state index contributed by atoms with van der Waals surface area (Å²) in [4.78, 5) is 4.45. The molecule has 0 aromatic rings.